The Hall–Kier alpha value is -0.930. The van der Waals surface area contributed by atoms with Gasteiger partial charge in [-0.1, -0.05) is 6.07 Å². The number of ether oxygens (including phenoxy) is 1. The van der Waals surface area contributed by atoms with Crippen molar-refractivity contribution >= 4 is 0 Å². The average molecular weight is 238 g/mol. The van der Waals surface area contributed by atoms with Crippen molar-refractivity contribution in [3.05, 3.63) is 35.1 Å². The third-order valence-electron chi connectivity index (χ3n) is 3.72. The maximum atomic E-state index is 13.3. The van der Waals surface area contributed by atoms with Crippen molar-refractivity contribution < 1.29 is 14.2 Å². The molecule has 2 unspecified atom stereocenters. The van der Waals surface area contributed by atoms with E-state index < -0.39 is 5.60 Å². The van der Waals surface area contributed by atoms with Gasteiger partial charge >= 0.3 is 0 Å². The quantitative estimate of drug-likeness (QED) is 0.858. The fraction of sp³-hybridized carbons (Fsp3) is 0.571. The molecule has 2 atom stereocenters. The molecule has 1 fully saturated rings. The van der Waals surface area contributed by atoms with E-state index in [1.165, 1.54) is 12.1 Å². The molecule has 1 aromatic rings. The van der Waals surface area contributed by atoms with Gasteiger partial charge < -0.3 is 9.84 Å². The Kier molecular flexibility index (Phi) is 3.50. The summed E-state index contributed by atoms with van der Waals surface area (Å²) in [4.78, 5) is 0. The largest absolute Gasteiger partial charge is 0.385 e. The van der Waals surface area contributed by atoms with Gasteiger partial charge in [-0.3, -0.25) is 0 Å². The molecule has 1 aromatic carbocycles. The fourth-order valence-corrected chi connectivity index (χ4v) is 2.74. The van der Waals surface area contributed by atoms with Crippen molar-refractivity contribution in [2.75, 3.05) is 7.11 Å². The zero-order valence-electron chi connectivity index (χ0n) is 10.4. The summed E-state index contributed by atoms with van der Waals surface area (Å²) in [6, 6.07) is 4.60. The molecule has 0 aromatic heterocycles. The molecule has 0 radical (unpaired) electrons. The molecule has 94 valence electrons. The summed E-state index contributed by atoms with van der Waals surface area (Å²) in [5.41, 5.74) is 0.704. The molecule has 0 heterocycles. The minimum Gasteiger partial charge on any atom is -0.385 e. The minimum absolute atomic E-state index is 0.0661. The lowest BCUT2D eigenvalue weighted by Crippen LogP contribution is -2.36. The first-order valence-corrected chi connectivity index (χ1v) is 6.07. The van der Waals surface area contributed by atoms with Crippen LogP contribution >= 0.6 is 0 Å². The van der Waals surface area contributed by atoms with Crippen molar-refractivity contribution in [3.63, 3.8) is 0 Å². The highest BCUT2D eigenvalue weighted by atomic mass is 19.1. The van der Waals surface area contributed by atoms with Gasteiger partial charge in [0.1, 0.15) is 5.82 Å². The van der Waals surface area contributed by atoms with E-state index in [4.69, 9.17) is 4.74 Å². The van der Waals surface area contributed by atoms with E-state index in [1.54, 1.807) is 13.2 Å². The molecule has 1 N–H and O–H groups in total. The Morgan fingerprint density at radius 2 is 2.24 bits per heavy atom. The molecular weight excluding hydrogens is 219 g/mol. The number of rotatable bonds is 2. The monoisotopic (exact) mass is 238 g/mol. The Bertz CT molecular complexity index is 405. The molecule has 0 amide bonds. The SMILES string of the molecule is COC1CCCC(O)(c2cc(F)ccc2C)C1. The van der Waals surface area contributed by atoms with Crippen LogP contribution in [0.4, 0.5) is 4.39 Å². The first kappa shape index (κ1) is 12.5. The third kappa shape index (κ3) is 2.50. The van der Waals surface area contributed by atoms with Crippen molar-refractivity contribution in [3.8, 4) is 0 Å². The summed E-state index contributed by atoms with van der Waals surface area (Å²) in [6.45, 7) is 1.91. The lowest BCUT2D eigenvalue weighted by Gasteiger charge is -2.37. The average Bonchev–Trinajstić information content (AvgIpc) is 2.32. The molecule has 3 heteroatoms. The Labute approximate surface area is 101 Å². The standard InChI is InChI=1S/C14H19FO2/c1-10-5-6-11(15)8-13(10)14(16)7-3-4-12(9-14)17-2/h5-6,8,12,16H,3-4,7,9H2,1-2H3. The topological polar surface area (TPSA) is 29.5 Å². The molecular formula is C14H19FO2. The molecule has 17 heavy (non-hydrogen) atoms. The highest BCUT2D eigenvalue weighted by molar-refractivity contribution is 5.32. The number of aliphatic hydroxyl groups is 1. The van der Waals surface area contributed by atoms with E-state index in [-0.39, 0.29) is 11.9 Å². The highest BCUT2D eigenvalue weighted by Gasteiger charge is 2.37. The maximum Gasteiger partial charge on any atom is 0.123 e. The van der Waals surface area contributed by atoms with E-state index in [0.29, 0.717) is 18.4 Å². The van der Waals surface area contributed by atoms with Crippen molar-refractivity contribution in [2.24, 2.45) is 0 Å². The van der Waals surface area contributed by atoms with Gasteiger partial charge in [-0.2, -0.15) is 0 Å². The van der Waals surface area contributed by atoms with Crippen LogP contribution in [-0.4, -0.2) is 18.3 Å². The number of methoxy groups -OCH3 is 1. The van der Waals surface area contributed by atoms with E-state index >= 15 is 0 Å². The molecule has 2 rings (SSSR count). The van der Waals surface area contributed by atoms with Crippen molar-refractivity contribution in [1.29, 1.82) is 0 Å². The van der Waals surface area contributed by atoms with E-state index in [0.717, 1.165) is 18.4 Å². The summed E-state index contributed by atoms with van der Waals surface area (Å²) in [7, 11) is 1.66. The van der Waals surface area contributed by atoms with Crippen LogP contribution in [0.25, 0.3) is 0 Å². The van der Waals surface area contributed by atoms with E-state index in [1.807, 2.05) is 6.92 Å². The van der Waals surface area contributed by atoms with E-state index in [9.17, 15) is 9.50 Å². The number of benzene rings is 1. The van der Waals surface area contributed by atoms with Crippen LogP contribution in [0.5, 0.6) is 0 Å². The first-order valence-electron chi connectivity index (χ1n) is 6.07. The molecule has 0 spiro atoms. The summed E-state index contributed by atoms with van der Waals surface area (Å²) in [5, 5.41) is 10.7. The summed E-state index contributed by atoms with van der Waals surface area (Å²) < 4.78 is 18.6. The van der Waals surface area contributed by atoms with Crippen molar-refractivity contribution in [1.82, 2.24) is 0 Å². The minimum atomic E-state index is -0.939. The Morgan fingerprint density at radius 3 is 2.94 bits per heavy atom. The summed E-state index contributed by atoms with van der Waals surface area (Å²) in [5.74, 6) is -0.293. The smallest absolute Gasteiger partial charge is 0.123 e. The predicted octanol–water partition coefficient (Wildman–Crippen LogP) is 2.91. The van der Waals surface area contributed by atoms with Crippen LogP contribution in [0.1, 0.15) is 36.8 Å². The van der Waals surface area contributed by atoms with E-state index in [2.05, 4.69) is 0 Å². The maximum absolute atomic E-state index is 13.3. The van der Waals surface area contributed by atoms with Crippen LogP contribution in [0.2, 0.25) is 0 Å². The van der Waals surface area contributed by atoms with Gasteiger partial charge in [0.25, 0.3) is 0 Å². The van der Waals surface area contributed by atoms with Gasteiger partial charge in [0.05, 0.1) is 11.7 Å². The van der Waals surface area contributed by atoms with Gasteiger partial charge in [-0.05, 0) is 49.4 Å². The van der Waals surface area contributed by atoms with Crippen LogP contribution < -0.4 is 0 Å². The molecule has 1 aliphatic rings. The van der Waals surface area contributed by atoms with Crippen LogP contribution in [0.3, 0.4) is 0 Å². The molecule has 0 aliphatic heterocycles. The van der Waals surface area contributed by atoms with Crippen LogP contribution in [0, 0.1) is 12.7 Å². The number of halogens is 1. The molecule has 0 saturated heterocycles. The molecule has 1 aliphatic carbocycles. The van der Waals surface area contributed by atoms with Gasteiger partial charge in [0.2, 0.25) is 0 Å². The van der Waals surface area contributed by atoms with Crippen LogP contribution in [0.15, 0.2) is 18.2 Å². The number of aryl methyl sites for hydroxylation is 1. The predicted molar refractivity (Wildman–Crippen MR) is 64.3 cm³/mol. The second-order valence-electron chi connectivity index (χ2n) is 4.94. The van der Waals surface area contributed by atoms with Crippen LogP contribution in [-0.2, 0) is 10.3 Å². The third-order valence-corrected chi connectivity index (χ3v) is 3.72. The lowest BCUT2D eigenvalue weighted by molar-refractivity contribution is -0.0636. The molecule has 0 bridgehead atoms. The zero-order valence-corrected chi connectivity index (χ0v) is 10.4. The van der Waals surface area contributed by atoms with Gasteiger partial charge in [-0.15, -0.1) is 0 Å². The normalized spacial score (nSPS) is 29.3. The second-order valence-corrected chi connectivity index (χ2v) is 4.94. The molecule has 1 saturated carbocycles. The first-order chi connectivity index (χ1) is 8.05. The lowest BCUT2D eigenvalue weighted by atomic mass is 9.77. The van der Waals surface area contributed by atoms with Gasteiger partial charge in [0.15, 0.2) is 0 Å². The molecule has 2 nitrogen and oxygen atoms in total. The summed E-state index contributed by atoms with van der Waals surface area (Å²) >= 11 is 0. The Morgan fingerprint density at radius 1 is 1.47 bits per heavy atom. The zero-order chi connectivity index (χ0) is 12.5. The summed E-state index contributed by atoms with van der Waals surface area (Å²) in [6.07, 6.45) is 3.17. The number of hydrogen-bond acceptors (Lipinski definition) is 2. The second kappa shape index (κ2) is 4.75. The van der Waals surface area contributed by atoms with Gasteiger partial charge in [0, 0.05) is 13.5 Å². The van der Waals surface area contributed by atoms with Gasteiger partial charge in [-0.25, -0.2) is 4.39 Å². The highest BCUT2D eigenvalue weighted by Crippen LogP contribution is 2.39. The fourth-order valence-electron chi connectivity index (χ4n) is 2.74. The Balaban J connectivity index is 2.33. The number of hydrogen-bond donors (Lipinski definition) is 1. The van der Waals surface area contributed by atoms with Crippen molar-refractivity contribution in [2.45, 2.75) is 44.3 Å².